The molecular weight excluding hydrogens is 268 g/mol. The van der Waals surface area contributed by atoms with Crippen LogP contribution in [0.3, 0.4) is 0 Å². The number of aryl methyl sites for hydroxylation is 1. The second-order valence-corrected chi connectivity index (χ2v) is 5.49. The molecule has 0 aliphatic carbocycles. The quantitative estimate of drug-likeness (QED) is 0.774. The highest BCUT2D eigenvalue weighted by Crippen LogP contribution is 2.23. The average Bonchev–Trinajstić information content (AvgIpc) is 2.41. The lowest BCUT2D eigenvalue weighted by atomic mass is 10.1. The molecule has 1 aromatic carbocycles. The summed E-state index contributed by atoms with van der Waals surface area (Å²) in [4.78, 5) is 26.3. The average molecular weight is 290 g/mol. The lowest BCUT2D eigenvalue weighted by Gasteiger charge is -2.36. The van der Waals surface area contributed by atoms with E-state index < -0.39 is 0 Å². The second kappa shape index (κ2) is 6.58. The van der Waals surface area contributed by atoms with E-state index in [9.17, 15) is 9.59 Å². The fourth-order valence-electron chi connectivity index (χ4n) is 2.67. The van der Waals surface area contributed by atoms with Crippen molar-refractivity contribution in [2.75, 3.05) is 37.6 Å². The van der Waals surface area contributed by atoms with Crippen LogP contribution in [0.25, 0.3) is 0 Å². The lowest BCUT2D eigenvalue weighted by molar-refractivity contribution is -0.119. The molecule has 4 N–H and O–H groups in total. The topological polar surface area (TPSA) is 92.7 Å². The second-order valence-electron chi connectivity index (χ2n) is 5.49. The number of hydrogen-bond donors (Lipinski definition) is 2. The van der Waals surface area contributed by atoms with Gasteiger partial charge in [-0.15, -0.1) is 0 Å². The minimum absolute atomic E-state index is 0.259. The van der Waals surface area contributed by atoms with Gasteiger partial charge in [0.1, 0.15) is 0 Å². The summed E-state index contributed by atoms with van der Waals surface area (Å²) in [6, 6.07) is 5.99. The van der Waals surface area contributed by atoms with Crippen LogP contribution in [0.4, 0.5) is 5.69 Å². The van der Waals surface area contributed by atoms with Gasteiger partial charge in [-0.2, -0.15) is 0 Å². The van der Waals surface area contributed by atoms with Crippen LogP contribution < -0.4 is 16.4 Å². The summed E-state index contributed by atoms with van der Waals surface area (Å²) < 4.78 is 0. The first-order valence-electron chi connectivity index (χ1n) is 7.09. The number of nitrogens with two attached hydrogens (primary N) is 2. The monoisotopic (exact) mass is 290 g/mol. The molecule has 6 heteroatoms. The molecule has 1 aliphatic rings. The number of anilines is 1. The summed E-state index contributed by atoms with van der Waals surface area (Å²) >= 11 is 0. The predicted molar refractivity (Wildman–Crippen MR) is 81.9 cm³/mol. The van der Waals surface area contributed by atoms with Gasteiger partial charge in [0.15, 0.2) is 0 Å². The molecule has 0 atom stereocenters. The van der Waals surface area contributed by atoms with Gasteiger partial charge in [-0.05, 0) is 24.1 Å². The Balaban J connectivity index is 2.05. The molecule has 2 rings (SSSR count). The zero-order chi connectivity index (χ0) is 15.4. The number of benzene rings is 1. The van der Waals surface area contributed by atoms with Crippen LogP contribution in [0.5, 0.6) is 0 Å². The molecule has 21 heavy (non-hydrogen) atoms. The fraction of sp³-hybridized carbons (Fsp3) is 0.467. The van der Waals surface area contributed by atoms with Gasteiger partial charge in [-0.1, -0.05) is 12.1 Å². The molecular formula is C15H22N4O2. The van der Waals surface area contributed by atoms with Crippen molar-refractivity contribution >= 4 is 17.5 Å². The predicted octanol–water partition coefficient (Wildman–Crippen LogP) is -0.370. The van der Waals surface area contributed by atoms with Crippen molar-refractivity contribution in [3.8, 4) is 0 Å². The SMILES string of the molecule is Cc1ccc(CC(N)=O)cc1N1CCN(CC(N)=O)CC1. The van der Waals surface area contributed by atoms with Gasteiger partial charge >= 0.3 is 0 Å². The van der Waals surface area contributed by atoms with E-state index in [2.05, 4.69) is 16.7 Å². The highest BCUT2D eigenvalue weighted by Gasteiger charge is 2.19. The van der Waals surface area contributed by atoms with Gasteiger partial charge < -0.3 is 16.4 Å². The minimum Gasteiger partial charge on any atom is -0.369 e. The van der Waals surface area contributed by atoms with E-state index in [4.69, 9.17) is 11.5 Å². The first-order valence-corrected chi connectivity index (χ1v) is 7.09. The van der Waals surface area contributed by atoms with Crippen LogP contribution in [0.2, 0.25) is 0 Å². The molecule has 1 aliphatic heterocycles. The Morgan fingerprint density at radius 2 is 1.76 bits per heavy atom. The van der Waals surface area contributed by atoms with Crippen LogP contribution in [0, 0.1) is 6.92 Å². The van der Waals surface area contributed by atoms with Crippen LogP contribution >= 0.6 is 0 Å². The number of carbonyl (C=O) groups is 2. The number of nitrogens with zero attached hydrogens (tertiary/aromatic N) is 2. The molecule has 2 amide bonds. The molecule has 0 aromatic heterocycles. The number of primary amides is 2. The van der Waals surface area contributed by atoms with E-state index in [-0.39, 0.29) is 18.2 Å². The number of hydrogen-bond acceptors (Lipinski definition) is 4. The summed E-state index contributed by atoms with van der Waals surface area (Å²) in [6.07, 6.45) is 0.259. The van der Waals surface area contributed by atoms with Gasteiger partial charge in [0, 0.05) is 31.9 Å². The number of rotatable bonds is 5. The Morgan fingerprint density at radius 3 is 2.33 bits per heavy atom. The van der Waals surface area contributed by atoms with Crippen molar-refractivity contribution in [1.82, 2.24) is 4.90 Å². The third-order valence-corrected chi connectivity index (χ3v) is 3.74. The summed E-state index contributed by atoms with van der Waals surface area (Å²) in [5.74, 6) is -0.612. The Hall–Kier alpha value is -2.08. The summed E-state index contributed by atoms with van der Waals surface area (Å²) in [5, 5.41) is 0. The number of piperazine rings is 1. The van der Waals surface area contributed by atoms with Crippen molar-refractivity contribution in [3.05, 3.63) is 29.3 Å². The zero-order valence-electron chi connectivity index (χ0n) is 12.3. The van der Waals surface area contributed by atoms with E-state index in [1.54, 1.807) is 0 Å². The summed E-state index contributed by atoms with van der Waals surface area (Å²) in [5.41, 5.74) is 13.7. The molecule has 1 fully saturated rings. The van der Waals surface area contributed by atoms with E-state index in [0.717, 1.165) is 37.4 Å². The first kappa shape index (κ1) is 15.3. The maximum Gasteiger partial charge on any atom is 0.231 e. The summed E-state index contributed by atoms with van der Waals surface area (Å²) in [6.45, 7) is 5.67. The van der Waals surface area contributed by atoms with Crippen LogP contribution in [-0.2, 0) is 16.0 Å². The van der Waals surface area contributed by atoms with Crippen molar-refractivity contribution in [3.63, 3.8) is 0 Å². The Bertz CT molecular complexity index is 536. The minimum atomic E-state index is -0.323. The molecule has 0 radical (unpaired) electrons. The third-order valence-electron chi connectivity index (χ3n) is 3.74. The molecule has 0 unspecified atom stereocenters. The molecule has 1 heterocycles. The lowest BCUT2D eigenvalue weighted by Crippen LogP contribution is -2.49. The van der Waals surface area contributed by atoms with Crippen molar-refractivity contribution in [2.24, 2.45) is 11.5 Å². The zero-order valence-corrected chi connectivity index (χ0v) is 12.3. The fourth-order valence-corrected chi connectivity index (χ4v) is 2.67. The van der Waals surface area contributed by atoms with E-state index in [0.29, 0.717) is 6.54 Å². The van der Waals surface area contributed by atoms with Crippen LogP contribution in [0.15, 0.2) is 18.2 Å². The van der Waals surface area contributed by atoms with Crippen molar-refractivity contribution in [1.29, 1.82) is 0 Å². The van der Waals surface area contributed by atoms with Gasteiger partial charge in [0.2, 0.25) is 11.8 Å². The standard InChI is InChI=1S/C15H22N4O2/c1-11-2-3-12(9-14(16)20)8-13(11)19-6-4-18(5-7-19)10-15(17)21/h2-3,8H,4-7,9-10H2,1H3,(H2,16,20)(H2,17,21). The Kier molecular flexibility index (Phi) is 4.80. The molecule has 1 saturated heterocycles. The van der Waals surface area contributed by atoms with E-state index >= 15 is 0 Å². The van der Waals surface area contributed by atoms with Gasteiger partial charge in [-0.25, -0.2) is 0 Å². The first-order chi connectivity index (χ1) is 9.95. The largest absolute Gasteiger partial charge is 0.369 e. The van der Waals surface area contributed by atoms with Crippen molar-refractivity contribution in [2.45, 2.75) is 13.3 Å². The highest BCUT2D eigenvalue weighted by atomic mass is 16.1. The molecule has 0 saturated carbocycles. The normalized spacial score (nSPS) is 16.0. The number of amides is 2. The molecule has 0 bridgehead atoms. The molecule has 6 nitrogen and oxygen atoms in total. The van der Waals surface area contributed by atoms with Gasteiger partial charge in [0.25, 0.3) is 0 Å². The molecule has 114 valence electrons. The molecule has 1 aromatic rings. The Labute approximate surface area is 124 Å². The van der Waals surface area contributed by atoms with E-state index in [1.165, 1.54) is 5.56 Å². The maximum atomic E-state index is 11.0. The van der Waals surface area contributed by atoms with Crippen LogP contribution in [0.1, 0.15) is 11.1 Å². The van der Waals surface area contributed by atoms with Crippen molar-refractivity contribution < 1.29 is 9.59 Å². The summed E-state index contributed by atoms with van der Waals surface area (Å²) in [7, 11) is 0. The Morgan fingerprint density at radius 1 is 1.10 bits per heavy atom. The van der Waals surface area contributed by atoms with E-state index in [1.807, 2.05) is 18.2 Å². The highest BCUT2D eigenvalue weighted by molar-refractivity contribution is 5.77. The van der Waals surface area contributed by atoms with Gasteiger partial charge in [-0.3, -0.25) is 14.5 Å². The van der Waals surface area contributed by atoms with Gasteiger partial charge in [0.05, 0.1) is 13.0 Å². The third kappa shape index (κ3) is 4.19. The number of carbonyl (C=O) groups excluding carboxylic acids is 2. The molecule has 0 spiro atoms. The maximum absolute atomic E-state index is 11.0. The van der Waals surface area contributed by atoms with Crippen LogP contribution in [-0.4, -0.2) is 49.4 Å². The smallest absolute Gasteiger partial charge is 0.231 e.